The van der Waals surface area contributed by atoms with Gasteiger partial charge in [0.1, 0.15) is 12.4 Å². The summed E-state index contributed by atoms with van der Waals surface area (Å²) in [5.74, 6) is 1.74. The van der Waals surface area contributed by atoms with Crippen LogP contribution >= 0.6 is 0 Å². The molecule has 0 saturated carbocycles. The second kappa shape index (κ2) is 7.96. The molecular formula is C24H24N4O4. The van der Waals surface area contributed by atoms with Gasteiger partial charge >= 0.3 is 0 Å². The van der Waals surface area contributed by atoms with E-state index in [1.54, 1.807) is 32.7 Å². The summed E-state index contributed by atoms with van der Waals surface area (Å²) >= 11 is 0. The van der Waals surface area contributed by atoms with Crippen molar-refractivity contribution in [3.63, 3.8) is 0 Å². The summed E-state index contributed by atoms with van der Waals surface area (Å²) in [6.07, 6.45) is 6.47. The highest BCUT2D eigenvalue weighted by Gasteiger charge is 2.33. The molecule has 2 aliphatic rings. The van der Waals surface area contributed by atoms with Gasteiger partial charge in [0.25, 0.3) is 0 Å². The Morgan fingerprint density at radius 3 is 2.56 bits per heavy atom. The highest BCUT2D eigenvalue weighted by molar-refractivity contribution is 5.67. The second-order valence-corrected chi connectivity index (χ2v) is 7.84. The molecule has 2 heterocycles. The van der Waals surface area contributed by atoms with Crippen LogP contribution in [0.5, 0.6) is 23.0 Å². The third kappa shape index (κ3) is 3.33. The summed E-state index contributed by atoms with van der Waals surface area (Å²) in [7, 11) is 3.08. The Labute approximate surface area is 185 Å². The van der Waals surface area contributed by atoms with Gasteiger partial charge < -0.3 is 25.0 Å². The summed E-state index contributed by atoms with van der Waals surface area (Å²) in [4.78, 5) is 4.41. The fourth-order valence-electron chi connectivity index (χ4n) is 4.48. The lowest BCUT2D eigenvalue weighted by Gasteiger charge is -2.34. The van der Waals surface area contributed by atoms with E-state index in [-0.39, 0.29) is 17.5 Å². The predicted molar refractivity (Wildman–Crippen MR) is 120 cm³/mol. The standard InChI is InChI=1S/C24H24N4O4/c1-31-20-11-14(6-8-18(20)29)10-15-4-3-5-17-22(15)27-24-25-13-26-28(24)23(17)16-7-9-19(30)21(12-16)32-2/h6-13,23,29-30H,3-5H2,1-2H3,(H,25,26,27). The summed E-state index contributed by atoms with van der Waals surface area (Å²) in [5, 5.41) is 27.9. The number of rotatable bonds is 4. The van der Waals surface area contributed by atoms with Crippen molar-refractivity contribution < 1.29 is 19.7 Å². The Kier molecular flexibility index (Phi) is 4.97. The fourth-order valence-corrected chi connectivity index (χ4v) is 4.48. The number of nitrogens with one attached hydrogen (secondary N) is 1. The third-order valence-electron chi connectivity index (χ3n) is 5.98. The number of fused-ring (bicyclic) bond motifs is 1. The highest BCUT2D eigenvalue weighted by atomic mass is 16.5. The predicted octanol–water partition coefficient (Wildman–Crippen LogP) is 4.24. The lowest BCUT2D eigenvalue weighted by Crippen LogP contribution is -2.28. The molecule has 0 radical (unpaired) electrons. The number of ether oxygens (including phenoxy) is 2. The molecular weight excluding hydrogens is 408 g/mol. The van der Waals surface area contributed by atoms with E-state index in [2.05, 4.69) is 21.5 Å². The maximum atomic E-state index is 10.1. The second-order valence-electron chi connectivity index (χ2n) is 7.84. The normalized spacial score (nSPS) is 18.7. The van der Waals surface area contributed by atoms with Gasteiger partial charge in [0.15, 0.2) is 23.0 Å². The lowest BCUT2D eigenvalue weighted by molar-refractivity contribution is 0.372. The highest BCUT2D eigenvalue weighted by Crippen LogP contribution is 2.45. The molecule has 0 amide bonds. The molecule has 1 atom stereocenters. The van der Waals surface area contributed by atoms with Gasteiger partial charge in [0, 0.05) is 5.70 Å². The van der Waals surface area contributed by atoms with Crippen LogP contribution in [0.3, 0.4) is 0 Å². The Hall–Kier alpha value is -3.94. The number of aromatic hydroxyl groups is 2. The quantitative estimate of drug-likeness (QED) is 0.567. The van der Waals surface area contributed by atoms with Crippen molar-refractivity contribution in [3.8, 4) is 23.0 Å². The SMILES string of the molecule is COc1cc(C=C2CCCC3=C2Nc2ncnn2C3c2ccc(O)c(OC)c2)ccc1O. The van der Waals surface area contributed by atoms with Crippen molar-refractivity contribution in [1.29, 1.82) is 0 Å². The summed E-state index contributed by atoms with van der Waals surface area (Å²) < 4.78 is 12.5. The molecule has 1 aliphatic carbocycles. The molecule has 1 aliphatic heterocycles. The van der Waals surface area contributed by atoms with Crippen molar-refractivity contribution >= 4 is 12.0 Å². The van der Waals surface area contributed by atoms with Gasteiger partial charge in [-0.25, -0.2) is 4.68 Å². The summed E-state index contributed by atoms with van der Waals surface area (Å²) in [5.41, 5.74) is 5.32. The van der Waals surface area contributed by atoms with Crippen LogP contribution in [0.1, 0.15) is 36.4 Å². The minimum absolute atomic E-state index is 0.101. The van der Waals surface area contributed by atoms with E-state index < -0.39 is 0 Å². The van der Waals surface area contributed by atoms with E-state index in [9.17, 15) is 10.2 Å². The monoisotopic (exact) mass is 432 g/mol. The number of anilines is 1. The van der Waals surface area contributed by atoms with E-state index in [1.807, 2.05) is 28.9 Å². The van der Waals surface area contributed by atoms with Crippen molar-refractivity contribution in [1.82, 2.24) is 14.8 Å². The number of nitrogens with zero attached hydrogens (tertiary/aromatic N) is 3. The van der Waals surface area contributed by atoms with Crippen molar-refractivity contribution in [2.24, 2.45) is 0 Å². The fraction of sp³-hybridized carbons (Fsp3) is 0.250. The van der Waals surface area contributed by atoms with Crippen LogP contribution in [0.15, 0.2) is 59.6 Å². The average Bonchev–Trinajstić information content (AvgIpc) is 3.28. The summed E-state index contributed by atoms with van der Waals surface area (Å²) in [6.45, 7) is 0. The summed E-state index contributed by atoms with van der Waals surface area (Å²) in [6, 6.07) is 10.6. The molecule has 8 nitrogen and oxygen atoms in total. The van der Waals surface area contributed by atoms with Crippen LogP contribution in [0.2, 0.25) is 0 Å². The Bertz CT molecular complexity index is 1240. The number of hydrogen-bond donors (Lipinski definition) is 3. The maximum absolute atomic E-state index is 10.1. The van der Waals surface area contributed by atoms with Crippen molar-refractivity contribution in [3.05, 3.63) is 70.7 Å². The van der Waals surface area contributed by atoms with Gasteiger partial charge in [-0.2, -0.15) is 10.1 Å². The molecule has 1 unspecified atom stereocenters. The van der Waals surface area contributed by atoms with Crippen LogP contribution in [0, 0.1) is 0 Å². The molecule has 0 fully saturated rings. The molecule has 0 saturated heterocycles. The van der Waals surface area contributed by atoms with Crippen LogP contribution in [0.4, 0.5) is 5.95 Å². The van der Waals surface area contributed by atoms with Gasteiger partial charge in [-0.05, 0) is 71.9 Å². The topological polar surface area (TPSA) is 102 Å². The van der Waals surface area contributed by atoms with Gasteiger partial charge in [-0.15, -0.1) is 0 Å². The zero-order valence-electron chi connectivity index (χ0n) is 17.9. The smallest absolute Gasteiger partial charge is 0.226 e. The van der Waals surface area contributed by atoms with Crippen LogP contribution in [-0.4, -0.2) is 39.2 Å². The molecule has 0 bridgehead atoms. The Morgan fingerprint density at radius 1 is 1.03 bits per heavy atom. The Morgan fingerprint density at radius 2 is 1.78 bits per heavy atom. The van der Waals surface area contributed by atoms with E-state index in [0.717, 1.165) is 41.7 Å². The minimum atomic E-state index is -0.156. The van der Waals surface area contributed by atoms with E-state index in [0.29, 0.717) is 17.4 Å². The third-order valence-corrected chi connectivity index (χ3v) is 5.98. The molecule has 5 rings (SSSR count). The number of aromatic nitrogens is 3. The zero-order chi connectivity index (χ0) is 22.2. The molecule has 2 aromatic carbocycles. The molecule has 1 aromatic heterocycles. The van der Waals surface area contributed by atoms with Gasteiger partial charge in [0.2, 0.25) is 5.95 Å². The number of allylic oxidation sites excluding steroid dienone is 2. The van der Waals surface area contributed by atoms with Crippen LogP contribution < -0.4 is 14.8 Å². The minimum Gasteiger partial charge on any atom is -0.504 e. The van der Waals surface area contributed by atoms with Crippen LogP contribution in [-0.2, 0) is 0 Å². The average molecular weight is 432 g/mol. The van der Waals surface area contributed by atoms with Gasteiger partial charge in [-0.1, -0.05) is 12.1 Å². The molecule has 32 heavy (non-hydrogen) atoms. The number of phenols is 2. The molecule has 0 spiro atoms. The zero-order valence-corrected chi connectivity index (χ0v) is 17.9. The van der Waals surface area contributed by atoms with Gasteiger partial charge in [0.05, 0.1) is 14.2 Å². The number of hydrogen-bond acceptors (Lipinski definition) is 7. The molecule has 164 valence electrons. The van der Waals surface area contributed by atoms with Gasteiger partial charge in [-0.3, -0.25) is 0 Å². The Balaban J connectivity index is 1.63. The van der Waals surface area contributed by atoms with Crippen molar-refractivity contribution in [2.75, 3.05) is 19.5 Å². The first-order chi connectivity index (χ1) is 15.6. The van der Waals surface area contributed by atoms with E-state index in [4.69, 9.17) is 9.47 Å². The number of phenolic OH excluding ortho intramolecular Hbond substituents is 2. The largest absolute Gasteiger partial charge is 0.504 e. The van der Waals surface area contributed by atoms with Crippen molar-refractivity contribution in [2.45, 2.75) is 25.3 Å². The molecule has 3 aromatic rings. The molecule has 3 N–H and O–H groups in total. The first-order valence-electron chi connectivity index (χ1n) is 10.4. The number of benzene rings is 2. The lowest BCUT2D eigenvalue weighted by atomic mass is 9.83. The van der Waals surface area contributed by atoms with E-state index in [1.165, 1.54) is 5.57 Å². The number of methoxy groups -OCH3 is 2. The first kappa shape index (κ1) is 20.0. The first-order valence-corrected chi connectivity index (χ1v) is 10.4. The van der Waals surface area contributed by atoms with Crippen LogP contribution in [0.25, 0.3) is 6.08 Å². The molecule has 8 heteroatoms. The van der Waals surface area contributed by atoms with E-state index >= 15 is 0 Å². The maximum Gasteiger partial charge on any atom is 0.226 e.